The summed E-state index contributed by atoms with van der Waals surface area (Å²) in [6.07, 6.45) is 5.10. The van der Waals surface area contributed by atoms with E-state index in [1.54, 1.807) is 18.6 Å². The van der Waals surface area contributed by atoms with Crippen LogP contribution >= 0.6 is 0 Å². The highest BCUT2D eigenvalue weighted by atomic mass is 16.6. The molecule has 0 aliphatic heterocycles. The Hall–Kier alpha value is -3.22. The summed E-state index contributed by atoms with van der Waals surface area (Å²) in [6.45, 7) is 4.17. The number of hydrogen-bond acceptors (Lipinski definition) is 6. The van der Waals surface area contributed by atoms with Crippen LogP contribution in [0.2, 0.25) is 0 Å². The molecule has 3 rings (SSSR count). The molecule has 0 spiro atoms. The van der Waals surface area contributed by atoms with Crippen molar-refractivity contribution < 1.29 is 4.84 Å². The van der Waals surface area contributed by atoms with Crippen molar-refractivity contribution in [3.8, 4) is 11.4 Å². The molecule has 0 aliphatic rings. The Morgan fingerprint density at radius 2 is 1.96 bits per heavy atom. The van der Waals surface area contributed by atoms with E-state index in [1.165, 1.54) is 7.11 Å². The summed E-state index contributed by atoms with van der Waals surface area (Å²) in [5.74, 6) is 1.25. The Balaban J connectivity index is 1.95. The molecule has 2 heterocycles. The van der Waals surface area contributed by atoms with E-state index in [2.05, 4.69) is 43.8 Å². The van der Waals surface area contributed by atoms with Gasteiger partial charge in [0.2, 0.25) is 5.95 Å². The van der Waals surface area contributed by atoms with Crippen LogP contribution < -0.4 is 5.32 Å². The van der Waals surface area contributed by atoms with Crippen LogP contribution in [0.25, 0.3) is 11.4 Å². The average molecular weight is 336 g/mol. The van der Waals surface area contributed by atoms with E-state index in [4.69, 9.17) is 4.84 Å². The summed E-state index contributed by atoms with van der Waals surface area (Å²) < 4.78 is 2.05. The Kier molecular flexibility index (Phi) is 5.03. The van der Waals surface area contributed by atoms with E-state index < -0.39 is 0 Å². The van der Waals surface area contributed by atoms with Crippen LogP contribution in [0.15, 0.2) is 53.9 Å². The van der Waals surface area contributed by atoms with Crippen LogP contribution in [0.3, 0.4) is 0 Å². The average Bonchev–Trinajstić information content (AvgIpc) is 3.05. The molecule has 7 nitrogen and oxygen atoms in total. The van der Waals surface area contributed by atoms with E-state index in [0.717, 1.165) is 17.1 Å². The molecule has 0 saturated carbocycles. The molecule has 7 heteroatoms. The first-order chi connectivity index (χ1) is 12.2. The second kappa shape index (κ2) is 7.57. The first-order valence-corrected chi connectivity index (χ1v) is 7.98. The molecule has 128 valence electrons. The molecule has 0 atom stereocenters. The van der Waals surface area contributed by atoms with Gasteiger partial charge in [0.1, 0.15) is 13.3 Å². The highest BCUT2D eigenvalue weighted by Crippen LogP contribution is 2.24. The topological polar surface area (TPSA) is 77.2 Å². The molecular formula is C18H20N6O. The molecule has 1 aromatic carbocycles. The van der Waals surface area contributed by atoms with Crippen molar-refractivity contribution in [1.82, 2.24) is 19.5 Å². The molecule has 0 amide bonds. The molecule has 0 unspecified atom stereocenters. The first-order valence-electron chi connectivity index (χ1n) is 7.98. The predicted octanol–water partition coefficient (Wildman–Crippen LogP) is 3.64. The smallest absolute Gasteiger partial charge is 0.227 e. The van der Waals surface area contributed by atoms with E-state index in [9.17, 15) is 0 Å². The normalized spacial score (nSPS) is 11.2. The Labute approximate surface area is 146 Å². The molecule has 1 N–H and O–H groups in total. The fourth-order valence-corrected chi connectivity index (χ4v) is 2.51. The van der Waals surface area contributed by atoms with Crippen LogP contribution in [0.4, 0.5) is 11.6 Å². The molecule has 0 radical (unpaired) electrons. The summed E-state index contributed by atoms with van der Waals surface area (Å²) in [6, 6.07) is 11.9. The van der Waals surface area contributed by atoms with E-state index in [0.29, 0.717) is 11.8 Å². The minimum Gasteiger partial charge on any atom is -0.399 e. The molecule has 0 saturated heterocycles. The third kappa shape index (κ3) is 3.82. The lowest BCUT2D eigenvalue weighted by Gasteiger charge is -2.14. The Morgan fingerprint density at radius 1 is 1.16 bits per heavy atom. The molecule has 3 aromatic rings. The largest absolute Gasteiger partial charge is 0.399 e. The standard InChI is InChI=1S/C18H20N6O/c1-13(2)24-16(11-20-17(24)12-21-25-3)15-9-10-19-18(23-15)22-14-7-5-4-6-8-14/h4-13H,1-3H3,(H,19,22,23). The molecule has 25 heavy (non-hydrogen) atoms. The van der Waals surface area contributed by atoms with Crippen LogP contribution in [-0.4, -0.2) is 32.8 Å². The number of imidazole rings is 1. The highest BCUT2D eigenvalue weighted by Gasteiger charge is 2.15. The summed E-state index contributed by atoms with van der Waals surface area (Å²) in [5.41, 5.74) is 2.61. The maximum atomic E-state index is 4.76. The zero-order valence-electron chi connectivity index (χ0n) is 14.4. The van der Waals surface area contributed by atoms with Gasteiger partial charge in [-0.25, -0.2) is 15.0 Å². The number of aromatic nitrogens is 4. The maximum absolute atomic E-state index is 4.76. The van der Waals surface area contributed by atoms with Gasteiger partial charge < -0.3 is 14.7 Å². The van der Waals surface area contributed by atoms with Gasteiger partial charge in [0.15, 0.2) is 5.82 Å². The van der Waals surface area contributed by atoms with Crippen LogP contribution in [0.1, 0.15) is 25.7 Å². The van der Waals surface area contributed by atoms with Crippen molar-refractivity contribution in [2.75, 3.05) is 12.4 Å². The van der Waals surface area contributed by atoms with Gasteiger partial charge >= 0.3 is 0 Å². The molecule has 2 aromatic heterocycles. The number of para-hydroxylation sites is 1. The van der Waals surface area contributed by atoms with Gasteiger partial charge in [0, 0.05) is 17.9 Å². The lowest BCUT2D eigenvalue weighted by molar-refractivity contribution is 0.215. The van der Waals surface area contributed by atoms with Gasteiger partial charge in [-0.15, -0.1) is 0 Å². The number of nitrogens with zero attached hydrogens (tertiary/aromatic N) is 5. The van der Waals surface area contributed by atoms with Crippen molar-refractivity contribution in [1.29, 1.82) is 0 Å². The number of hydrogen-bond donors (Lipinski definition) is 1. The van der Waals surface area contributed by atoms with E-state index in [-0.39, 0.29) is 6.04 Å². The van der Waals surface area contributed by atoms with Crippen molar-refractivity contribution >= 4 is 17.9 Å². The summed E-state index contributed by atoms with van der Waals surface area (Å²) in [7, 11) is 1.51. The van der Waals surface area contributed by atoms with Gasteiger partial charge in [0.05, 0.1) is 17.6 Å². The Bertz CT molecular complexity index is 857. The number of oxime groups is 1. The lowest BCUT2D eigenvalue weighted by Crippen LogP contribution is -2.08. The number of anilines is 2. The van der Waals surface area contributed by atoms with Crippen LogP contribution in [-0.2, 0) is 4.84 Å². The van der Waals surface area contributed by atoms with Crippen molar-refractivity contribution in [3.05, 3.63) is 54.6 Å². The highest BCUT2D eigenvalue weighted by molar-refractivity contribution is 5.76. The number of benzene rings is 1. The van der Waals surface area contributed by atoms with Crippen LogP contribution in [0, 0.1) is 0 Å². The van der Waals surface area contributed by atoms with Crippen LogP contribution in [0.5, 0.6) is 0 Å². The zero-order valence-corrected chi connectivity index (χ0v) is 14.4. The van der Waals surface area contributed by atoms with Gasteiger partial charge in [-0.1, -0.05) is 23.4 Å². The second-order valence-electron chi connectivity index (χ2n) is 5.64. The van der Waals surface area contributed by atoms with Crippen molar-refractivity contribution in [2.45, 2.75) is 19.9 Å². The minimum atomic E-state index is 0.191. The third-order valence-corrected chi connectivity index (χ3v) is 3.56. The molecule has 0 aliphatic carbocycles. The number of nitrogens with one attached hydrogen (secondary N) is 1. The maximum Gasteiger partial charge on any atom is 0.227 e. The summed E-state index contributed by atoms with van der Waals surface area (Å²) in [5, 5.41) is 7.02. The SMILES string of the molecule is CON=Cc1ncc(-c2ccnc(Nc3ccccc3)n2)n1C(C)C. The first kappa shape index (κ1) is 16.6. The lowest BCUT2D eigenvalue weighted by atomic mass is 10.2. The summed E-state index contributed by atoms with van der Waals surface area (Å²) in [4.78, 5) is 18.1. The predicted molar refractivity (Wildman–Crippen MR) is 98.0 cm³/mol. The summed E-state index contributed by atoms with van der Waals surface area (Å²) >= 11 is 0. The number of rotatable bonds is 6. The zero-order chi connectivity index (χ0) is 17.6. The molecular weight excluding hydrogens is 316 g/mol. The molecule has 0 bridgehead atoms. The van der Waals surface area contributed by atoms with E-state index >= 15 is 0 Å². The van der Waals surface area contributed by atoms with E-state index in [1.807, 2.05) is 36.4 Å². The van der Waals surface area contributed by atoms with Gasteiger partial charge in [-0.2, -0.15) is 0 Å². The van der Waals surface area contributed by atoms with Gasteiger partial charge in [-0.05, 0) is 32.0 Å². The second-order valence-corrected chi connectivity index (χ2v) is 5.64. The minimum absolute atomic E-state index is 0.191. The fraction of sp³-hybridized carbons (Fsp3) is 0.222. The molecule has 0 fully saturated rings. The van der Waals surface area contributed by atoms with Crippen molar-refractivity contribution in [3.63, 3.8) is 0 Å². The third-order valence-electron chi connectivity index (χ3n) is 3.56. The van der Waals surface area contributed by atoms with Gasteiger partial charge in [-0.3, -0.25) is 0 Å². The quantitative estimate of drug-likeness (QED) is 0.549. The fourth-order valence-electron chi connectivity index (χ4n) is 2.51. The van der Waals surface area contributed by atoms with Crippen molar-refractivity contribution in [2.24, 2.45) is 5.16 Å². The van der Waals surface area contributed by atoms with Gasteiger partial charge in [0.25, 0.3) is 0 Å². The monoisotopic (exact) mass is 336 g/mol. The Morgan fingerprint density at radius 3 is 2.68 bits per heavy atom.